The molecule has 16 heavy (non-hydrogen) atoms. The highest BCUT2D eigenvalue weighted by Crippen LogP contribution is 2.06. The van der Waals surface area contributed by atoms with E-state index in [1.807, 2.05) is 0 Å². The zero-order chi connectivity index (χ0) is 11.5. The van der Waals surface area contributed by atoms with Gasteiger partial charge < -0.3 is 17.2 Å². The molecule has 1 amide bonds. The van der Waals surface area contributed by atoms with E-state index in [1.165, 1.54) is 6.42 Å². The lowest BCUT2D eigenvalue weighted by molar-refractivity contribution is -0.118. The predicted octanol–water partition coefficient (Wildman–Crippen LogP) is 0.898. The lowest BCUT2D eigenvalue weighted by Gasteiger charge is -1.99. The van der Waals surface area contributed by atoms with E-state index in [-0.39, 0.29) is 24.3 Å². The van der Waals surface area contributed by atoms with Gasteiger partial charge in [-0.1, -0.05) is 25.7 Å². The van der Waals surface area contributed by atoms with Crippen LogP contribution in [0.1, 0.15) is 44.9 Å². The van der Waals surface area contributed by atoms with E-state index in [0.29, 0.717) is 13.0 Å². The number of carbonyl (C=O) groups excluding carboxylic acids is 1. The Morgan fingerprint density at radius 3 is 1.88 bits per heavy atom. The molecule has 0 aliphatic carbocycles. The predicted molar refractivity (Wildman–Crippen MR) is 69.4 cm³/mol. The summed E-state index contributed by atoms with van der Waals surface area (Å²) in [6.07, 6.45) is 6.96. The standard InChI is InChI=1S/C10H22N4O.ClH/c11-9(15)7-5-3-1-2-4-6-8-14-10(12)13;/h1-8H2,(H2,11,15)(H4,12,13,14);1H. The van der Waals surface area contributed by atoms with Crippen molar-refractivity contribution < 1.29 is 4.79 Å². The van der Waals surface area contributed by atoms with E-state index >= 15 is 0 Å². The molecular formula is C10H23ClN4O. The fourth-order valence-corrected chi connectivity index (χ4v) is 1.33. The van der Waals surface area contributed by atoms with Crippen molar-refractivity contribution in [3.63, 3.8) is 0 Å². The van der Waals surface area contributed by atoms with Crippen LogP contribution in [-0.4, -0.2) is 18.4 Å². The van der Waals surface area contributed by atoms with Crippen molar-refractivity contribution in [1.29, 1.82) is 0 Å². The SMILES string of the molecule is Cl.NC(=O)CCCCCCCCN=C(N)N. The second-order valence-electron chi connectivity index (χ2n) is 3.64. The van der Waals surface area contributed by atoms with Gasteiger partial charge in [0.15, 0.2) is 5.96 Å². The molecule has 0 unspecified atom stereocenters. The topological polar surface area (TPSA) is 107 Å². The maximum atomic E-state index is 10.4. The van der Waals surface area contributed by atoms with Gasteiger partial charge in [0.1, 0.15) is 0 Å². The van der Waals surface area contributed by atoms with Crippen LogP contribution < -0.4 is 17.2 Å². The second-order valence-corrected chi connectivity index (χ2v) is 3.64. The monoisotopic (exact) mass is 250 g/mol. The summed E-state index contributed by atoms with van der Waals surface area (Å²) >= 11 is 0. The molecule has 0 aromatic rings. The van der Waals surface area contributed by atoms with E-state index < -0.39 is 0 Å². The Kier molecular flexibility index (Phi) is 13.2. The maximum Gasteiger partial charge on any atom is 0.217 e. The number of amides is 1. The smallest absolute Gasteiger partial charge is 0.217 e. The highest BCUT2D eigenvalue weighted by atomic mass is 35.5. The number of unbranched alkanes of at least 4 members (excludes halogenated alkanes) is 5. The third-order valence-electron chi connectivity index (χ3n) is 2.13. The Balaban J connectivity index is 0. The Morgan fingerprint density at radius 2 is 1.38 bits per heavy atom. The molecule has 0 aromatic heterocycles. The lowest BCUT2D eigenvalue weighted by atomic mass is 10.1. The Labute approximate surface area is 103 Å². The van der Waals surface area contributed by atoms with Crippen LogP contribution in [0.4, 0.5) is 0 Å². The molecule has 0 spiro atoms. The first-order chi connectivity index (χ1) is 7.13. The fourth-order valence-electron chi connectivity index (χ4n) is 1.33. The maximum absolute atomic E-state index is 10.4. The Hall–Kier alpha value is -0.970. The van der Waals surface area contributed by atoms with Crippen molar-refractivity contribution in [2.45, 2.75) is 44.9 Å². The molecule has 0 saturated heterocycles. The van der Waals surface area contributed by atoms with E-state index in [1.54, 1.807) is 0 Å². The van der Waals surface area contributed by atoms with Gasteiger partial charge in [0.05, 0.1) is 0 Å². The van der Waals surface area contributed by atoms with Crippen molar-refractivity contribution in [1.82, 2.24) is 0 Å². The number of hydrogen-bond acceptors (Lipinski definition) is 2. The van der Waals surface area contributed by atoms with Crippen LogP contribution in [0.2, 0.25) is 0 Å². The number of hydrogen-bond donors (Lipinski definition) is 3. The molecule has 0 saturated carbocycles. The molecule has 6 N–H and O–H groups in total. The summed E-state index contributed by atoms with van der Waals surface area (Å²) in [4.78, 5) is 14.3. The number of nitrogens with two attached hydrogens (primary N) is 3. The summed E-state index contributed by atoms with van der Waals surface area (Å²) in [7, 11) is 0. The molecule has 0 aliphatic heterocycles. The minimum atomic E-state index is -0.206. The number of nitrogens with zero attached hydrogens (tertiary/aromatic N) is 1. The average molecular weight is 251 g/mol. The number of guanidine groups is 1. The van der Waals surface area contributed by atoms with Gasteiger partial charge in [-0.2, -0.15) is 0 Å². The summed E-state index contributed by atoms with van der Waals surface area (Å²) in [5.41, 5.74) is 15.4. The van der Waals surface area contributed by atoms with Crippen LogP contribution in [0.15, 0.2) is 4.99 Å². The largest absolute Gasteiger partial charge is 0.370 e. The number of carbonyl (C=O) groups is 1. The average Bonchev–Trinajstić information content (AvgIpc) is 2.14. The molecule has 0 aromatic carbocycles. The minimum absolute atomic E-state index is 0. The van der Waals surface area contributed by atoms with Crippen LogP contribution in [0.25, 0.3) is 0 Å². The molecule has 0 fully saturated rings. The number of halogens is 1. The van der Waals surface area contributed by atoms with Crippen molar-refractivity contribution >= 4 is 24.3 Å². The number of primary amides is 1. The molecule has 96 valence electrons. The lowest BCUT2D eigenvalue weighted by Crippen LogP contribution is -2.22. The summed E-state index contributed by atoms with van der Waals surface area (Å²) in [6, 6.07) is 0. The molecule has 0 bridgehead atoms. The van der Waals surface area contributed by atoms with Crippen LogP contribution >= 0.6 is 12.4 Å². The van der Waals surface area contributed by atoms with Crippen molar-refractivity contribution in [3.05, 3.63) is 0 Å². The zero-order valence-corrected chi connectivity index (χ0v) is 10.5. The molecule has 0 aliphatic rings. The molecule has 5 nitrogen and oxygen atoms in total. The Morgan fingerprint density at radius 1 is 0.875 bits per heavy atom. The summed E-state index contributed by atoms with van der Waals surface area (Å²) in [5.74, 6) is -0.0424. The van der Waals surface area contributed by atoms with E-state index in [2.05, 4.69) is 4.99 Å². The van der Waals surface area contributed by atoms with Gasteiger partial charge >= 0.3 is 0 Å². The first kappa shape index (κ1) is 17.4. The van der Waals surface area contributed by atoms with Gasteiger partial charge in [0.2, 0.25) is 5.91 Å². The molecule has 6 heteroatoms. The van der Waals surface area contributed by atoms with Gasteiger partial charge in [0, 0.05) is 13.0 Å². The molecule has 0 radical (unpaired) electrons. The minimum Gasteiger partial charge on any atom is -0.370 e. The normalized spacial score (nSPS) is 9.25. The van der Waals surface area contributed by atoms with Gasteiger partial charge in [-0.15, -0.1) is 12.4 Å². The first-order valence-electron chi connectivity index (χ1n) is 5.46. The number of rotatable bonds is 9. The summed E-state index contributed by atoms with van der Waals surface area (Å²) < 4.78 is 0. The Bertz CT molecular complexity index is 205. The highest BCUT2D eigenvalue weighted by molar-refractivity contribution is 5.85. The highest BCUT2D eigenvalue weighted by Gasteiger charge is 1.94. The molecular weight excluding hydrogens is 228 g/mol. The second kappa shape index (κ2) is 12.1. The van der Waals surface area contributed by atoms with Crippen molar-refractivity contribution in [2.24, 2.45) is 22.2 Å². The molecule has 0 rings (SSSR count). The van der Waals surface area contributed by atoms with E-state index in [9.17, 15) is 4.79 Å². The van der Waals surface area contributed by atoms with Gasteiger partial charge in [-0.05, 0) is 12.8 Å². The van der Waals surface area contributed by atoms with Gasteiger partial charge in [-0.3, -0.25) is 9.79 Å². The molecule has 0 atom stereocenters. The summed E-state index contributed by atoms with van der Waals surface area (Å²) in [6.45, 7) is 0.712. The van der Waals surface area contributed by atoms with Crippen molar-refractivity contribution in [3.8, 4) is 0 Å². The third kappa shape index (κ3) is 15.5. The quantitative estimate of drug-likeness (QED) is 0.321. The fraction of sp³-hybridized carbons (Fsp3) is 0.800. The molecule has 0 heterocycles. The zero-order valence-electron chi connectivity index (χ0n) is 9.65. The van der Waals surface area contributed by atoms with E-state index in [4.69, 9.17) is 17.2 Å². The first-order valence-corrected chi connectivity index (χ1v) is 5.46. The van der Waals surface area contributed by atoms with E-state index in [0.717, 1.165) is 32.1 Å². The summed E-state index contributed by atoms with van der Waals surface area (Å²) in [5, 5.41) is 0. The van der Waals surface area contributed by atoms with Crippen LogP contribution in [0.5, 0.6) is 0 Å². The van der Waals surface area contributed by atoms with Crippen LogP contribution in [0.3, 0.4) is 0 Å². The number of aliphatic imine (C=N–C) groups is 1. The van der Waals surface area contributed by atoms with Crippen LogP contribution in [0, 0.1) is 0 Å². The third-order valence-corrected chi connectivity index (χ3v) is 2.13. The van der Waals surface area contributed by atoms with Crippen molar-refractivity contribution in [2.75, 3.05) is 6.54 Å². The van der Waals surface area contributed by atoms with Gasteiger partial charge in [-0.25, -0.2) is 0 Å². The van der Waals surface area contributed by atoms with Gasteiger partial charge in [0.25, 0.3) is 0 Å². The van der Waals surface area contributed by atoms with Crippen LogP contribution in [-0.2, 0) is 4.79 Å².